The third-order valence-electron chi connectivity index (χ3n) is 5.11. The van der Waals surface area contributed by atoms with Gasteiger partial charge in [0, 0.05) is 37.4 Å². The third kappa shape index (κ3) is 5.22. The highest BCUT2D eigenvalue weighted by Crippen LogP contribution is 2.16. The van der Waals surface area contributed by atoms with Crippen LogP contribution < -0.4 is 10.6 Å². The van der Waals surface area contributed by atoms with Crippen molar-refractivity contribution in [3.63, 3.8) is 0 Å². The van der Waals surface area contributed by atoms with Crippen LogP contribution in [-0.2, 0) is 11.2 Å². The molecule has 1 aromatic heterocycles. The number of amides is 2. The molecule has 0 bridgehead atoms. The number of urea groups is 1. The molecule has 0 unspecified atom stereocenters. The summed E-state index contributed by atoms with van der Waals surface area (Å²) in [6, 6.07) is 14.9. The lowest BCUT2D eigenvalue weighted by Crippen LogP contribution is -2.37. The van der Waals surface area contributed by atoms with E-state index in [0.29, 0.717) is 5.69 Å². The number of benzene rings is 2. The molecule has 1 fully saturated rings. The van der Waals surface area contributed by atoms with Gasteiger partial charge >= 0.3 is 6.03 Å². The predicted molar refractivity (Wildman–Crippen MR) is 116 cm³/mol. The van der Waals surface area contributed by atoms with E-state index in [0.717, 1.165) is 61.9 Å². The van der Waals surface area contributed by atoms with E-state index in [1.807, 2.05) is 61.7 Å². The number of para-hydroxylation sites is 1. The molecular weight excluding hydrogens is 380 g/mol. The van der Waals surface area contributed by atoms with E-state index >= 15 is 0 Å². The van der Waals surface area contributed by atoms with Crippen LogP contribution in [0.2, 0.25) is 0 Å². The molecule has 4 rings (SSSR count). The first-order valence-corrected chi connectivity index (χ1v) is 10.1. The van der Waals surface area contributed by atoms with Gasteiger partial charge in [-0.1, -0.05) is 23.4 Å². The lowest BCUT2D eigenvalue weighted by molar-refractivity contribution is 0.0383. The van der Waals surface area contributed by atoms with Crippen LogP contribution in [0.15, 0.2) is 54.7 Å². The molecule has 8 heteroatoms. The molecule has 0 saturated carbocycles. The summed E-state index contributed by atoms with van der Waals surface area (Å²) in [7, 11) is 0. The number of nitrogens with one attached hydrogen (secondary N) is 2. The number of nitrogens with zero attached hydrogens (tertiary/aromatic N) is 4. The summed E-state index contributed by atoms with van der Waals surface area (Å²) in [5, 5.41) is 14.2. The number of carbonyl (C=O) groups excluding carboxylic acids is 1. The number of hydrogen-bond donors (Lipinski definition) is 2. The fourth-order valence-electron chi connectivity index (χ4n) is 3.33. The van der Waals surface area contributed by atoms with Crippen LogP contribution >= 0.6 is 0 Å². The fraction of sp³-hybridized carbons (Fsp3) is 0.318. The van der Waals surface area contributed by atoms with Gasteiger partial charge in [0.25, 0.3) is 0 Å². The minimum absolute atomic E-state index is 0.275. The Bertz CT molecular complexity index is 979. The Morgan fingerprint density at radius 3 is 2.60 bits per heavy atom. The monoisotopic (exact) mass is 406 g/mol. The van der Waals surface area contributed by atoms with Gasteiger partial charge in [-0.3, -0.25) is 4.90 Å². The molecule has 0 spiro atoms. The Balaban J connectivity index is 1.31. The van der Waals surface area contributed by atoms with E-state index in [4.69, 9.17) is 4.74 Å². The van der Waals surface area contributed by atoms with E-state index in [9.17, 15) is 4.79 Å². The van der Waals surface area contributed by atoms with Crippen LogP contribution in [0.4, 0.5) is 16.2 Å². The average molecular weight is 406 g/mol. The van der Waals surface area contributed by atoms with Gasteiger partial charge in [-0.2, -0.15) is 0 Å². The standard InChI is InChI=1S/C22H26N6O2/c1-17-4-2-3-5-21(17)24-22(29)23-18-6-8-20(9-7-18)28-16-19(25-26-28)10-11-27-12-14-30-15-13-27/h2-9,16H,10-15H2,1H3,(H2,23,24,29). The summed E-state index contributed by atoms with van der Waals surface area (Å²) >= 11 is 0. The second kappa shape index (κ2) is 9.51. The normalized spacial score (nSPS) is 14.4. The topological polar surface area (TPSA) is 84.3 Å². The van der Waals surface area contributed by atoms with E-state index in [1.54, 1.807) is 4.68 Å². The lowest BCUT2D eigenvalue weighted by atomic mass is 10.2. The zero-order chi connectivity index (χ0) is 20.8. The second-order valence-corrected chi connectivity index (χ2v) is 7.30. The van der Waals surface area contributed by atoms with Gasteiger partial charge in [-0.25, -0.2) is 9.48 Å². The number of ether oxygens (including phenoxy) is 1. The van der Waals surface area contributed by atoms with Gasteiger partial charge in [0.05, 0.1) is 30.8 Å². The maximum Gasteiger partial charge on any atom is 0.323 e. The molecule has 8 nitrogen and oxygen atoms in total. The molecule has 156 valence electrons. The molecule has 0 aliphatic carbocycles. The first-order valence-electron chi connectivity index (χ1n) is 10.1. The molecule has 1 aliphatic rings. The minimum atomic E-state index is -0.275. The second-order valence-electron chi connectivity index (χ2n) is 7.30. The highest BCUT2D eigenvalue weighted by molar-refractivity contribution is 6.00. The molecule has 2 aromatic carbocycles. The molecule has 2 amide bonds. The van der Waals surface area contributed by atoms with E-state index in [1.165, 1.54) is 0 Å². The largest absolute Gasteiger partial charge is 0.379 e. The van der Waals surface area contributed by atoms with Crippen molar-refractivity contribution in [2.75, 3.05) is 43.5 Å². The van der Waals surface area contributed by atoms with E-state index < -0.39 is 0 Å². The maximum atomic E-state index is 12.2. The number of rotatable bonds is 6. The van der Waals surface area contributed by atoms with Gasteiger partial charge < -0.3 is 15.4 Å². The fourth-order valence-corrected chi connectivity index (χ4v) is 3.33. The van der Waals surface area contributed by atoms with E-state index in [2.05, 4.69) is 25.8 Å². The summed E-state index contributed by atoms with van der Waals surface area (Å²) in [5.41, 5.74) is 4.36. The zero-order valence-corrected chi connectivity index (χ0v) is 17.0. The Labute approximate surface area is 175 Å². The van der Waals surface area contributed by atoms with Crippen LogP contribution in [0.1, 0.15) is 11.3 Å². The summed E-state index contributed by atoms with van der Waals surface area (Å²) in [5.74, 6) is 0. The first-order chi connectivity index (χ1) is 14.7. The van der Waals surface area contributed by atoms with Crippen molar-refractivity contribution < 1.29 is 9.53 Å². The van der Waals surface area contributed by atoms with Crippen LogP contribution in [-0.4, -0.2) is 58.8 Å². The van der Waals surface area contributed by atoms with Gasteiger partial charge in [-0.05, 0) is 42.8 Å². The molecule has 1 aliphatic heterocycles. The van der Waals surface area contributed by atoms with Crippen molar-refractivity contribution in [1.82, 2.24) is 19.9 Å². The van der Waals surface area contributed by atoms with Crippen LogP contribution in [0.3, 0.4) is 0 Å². The van der Waals surface area contributed by atoms with Crippen LogP contribution in [0.5, 0.6) is 0 Å². The smallest absolute Gasteiger partial charge is 0.323 e. The molecule has 0 radical (unpaired) electrons. The van der Waals surface area contributed by atoms with Gasteiger partial charge in [-0.15, -0.1) is 5.10 Å². The molecule has 3 aromatic rings. The summed E-state index contributed by atoms with van der Waals surface area (Å²) in [6.07, 6.45) is 2.81. The van der Waals surface area contributed by atoms with Gasteiger partial charge in [0.2, 0.25) is 0 Å². The predicted octanol–water partition coefficient (Wildman–Crippen LogP) is 3.09. The van der Waals surface area contributed by atoms with Crippen molar-refractivity contribution in [3.8, 4) is 5.69 Å². The first kappa shape index (κ1) is 20.1. The Hall–Kier alpha value is -3.23. The highest BCUT2D eigenvalue weighted by atomic mass is 16.5. The highest BCUT2D eigenvalue weighted by Gasteiger charge is 2.11. The third-order valence-corrected chi connectivity index (χ3v) is 5.11. The SMILES string of the molecule is Cc1ccccc1NC(=O)Nc1ccc(-n2cc(CCN3CCOCC3)nn2)cc1. The quantitative estimate of drug-likeness (QED) is 0.657. The Morgan fingerprint density at radius 2 is 1.83 bits per heavy atom. The van der Waals surface area contributed by atoms with Crippen LogP contribution in [0.25, 0.3) is 5.69 Å². The van der Waals surface area contributed by atoms with Crippen LogP contribution in [0, 0.1) is 6.92 Å². The molecular formula is C22H26N6O2. The van der Waals surface area contributed by atoms with Crippen molar-refractivity contribution in [1.29, 1.82) is 0 Å². The Kier molecular flexibility index (Phi) is 6.36. The van der Waals surface area contributed by atoms with Gasteiger partial charge in [0.15, 0.2) is 0 Å². The summed E-state index contributed by atoms with van der Waals surface area (Å²) < 4.78 is 7.13. The number of carbonyl (C=O) groups is 1. The molecule has 30 heavy (non-hydrogen) atoms. The number of hydrogen-bond acceptors (Lipinski definition) is 5. The van der Waals surface area contributed by atoms with Crippen molar-refractivity contribution in [2.24, 2.45) is 0 Å². The number of aromatic nitrogens is 3. The molecule has 2 N–H and O–H groups in total. The number of aryl methyl sites for hydroxylation is 1. The van der Waals surface area contributed by atoms with Crippen molar-refractivity contribution in [2.45, 2.75) is 13.3 Å². The average Bonchev–Trinajstić information content (AvgIpc) is 3.24. The molecule has 2 heterocycles. The van der Waals surface area contributed by atoms with Gasteiger partial charge in [0.1, 0.15) is 0 Å². The zero-order valence-electron chi connectivity index (χ0n) is 17.0. The molecule has 1 saturated heterocycles. The lowest BCUT2D eigenvalue weighted by Gasteiger charge is -2.25. The van der Waals surface area contributed by atoms with E-state index in [-0.39, 0.29) is 6.03 Å². The molecule has 0 atom stereocenters. The summed E-state index contributed by atoms with van der Waals surface area (Å²) in [4.78, 5) is 14.6. The van der Waals surface area contributed by atoms with Crippen molar-refractivity contribution >= 4 is 17.4 Å². The number of anilines is 2. The minimum Gasteiger partial charge on any atom is -0.379 e. The Morgan fingerprint density at radius 1 is 1.07 bits per heavy atom. The maximum absolute atomic E-state index is 12.2. The van der Waals surface area contributed by atoms with Crippen molar-refractivity contribution in [3.05, 3.63) is 66.0 Å². The number of morpholine rings is 1. The summed E-state index contributed by atoms with van der Waals surface area (Å²) in [6.45, 7) is 6.46.